The van der Waals surface area contributed by atoms with Gasteiger partial charge in [-0.25, -0.2) is 4.79 Å². The number of nitrogens with one attached hydrogen (secondary N) is 1. The van der Waals surface area contributed by atoms with Crippen LogP contribution in [0.1, 0.15) is 55.2 Å². The summed E-state index contributed by atoms with van der Waals surface area (Å²) in [6.07, 6.45) is 0.904. The van der Waals surface area contributed by atoms with E-state index in [0.717, 1.165) is 28.1 Å². The lowest BCUT2D eigenvalue weighted by Crippen LogP contribution is -2.36. The molecule has 0 spiro atoms. The summed E-state index contributed by atoms with van der Waals surface area (Å²) in [5, 5.41) is 3.44. The molecule has 0 amide bonds. The van der Waals surface area contributed by atoms with Crippen LogP contribution in [-0.2, 0) is 20.9 Å². The Morgan fingerprint density at radius 3 is 2.43 bits per heavy atom. The Bertz CT molecular complexity index is 1560. The Morgan fingerprint density at radius 1 is 0.932 bits per heavy atom. The molecule has 2 atom stereocenters. The molecule has 0 aromatic heterocycles. The molecule has 230 valence electrons. The van der Waals surface area contributed by atoms with Gasteiger partial charge in [0.2, 0.25) is 0 Å². The third-order valence-corrected chi connectivity index (χ3v) is 8.92. The Hall–Kier alpha value is -4.17. The van der Waals surface area contributed by atoms with Crippen LogP contribution < -0.4 is 19.5 Å². The summed E-state index contributed by atoms with van der Waals surface area (Å²) in [5.41, 5.74) is 5.33. The average molecular weight is 614 g/mol. The molecule has 1 heterocycles. The zero-order valence-corrected chi connectivity index (χ0v) is 26.5. The van der Waals surface area contributed by atoms with Crippen LogP contribution in [0.3, 0.4) is 0 Å². The van der Waals surface area contributed by atoms with Crippen LogP contribution in [-0.4, -0.2) is 44.1 Å². The van der Waals surface area contributed by atoms with E-state index in [1.807, 2.05) is 79.7 Å². The maximum atomic E-state index is 14.2. The fourth-order valence-corrected chi connectivity index (χ4v) is 6.45. The number of hydrogen-bond acceptors (Lipinski definition) is 8. The smallest absolute Gasteiger partial charge is 0.336 e. The van der Waals surface area contributed by atoms with Crippen molar-refractivity contribution in [3.05, 3.63) is 112 Å². The second-order valence-corrected chi connectivity index (χ2v) is 12.2. The average Bonchev–Trinajstić information content (AvgIpc) is 3.05. The SMILES string of the molecule is CCSCCOC(=O)C1=C(C)NC2=C(C(=O)C[C@@H](c3ccc(OC)c(OC)c3)C2)[C@H]1c1ccccc1OCc1ccccc1. The van der Waals surface area contributed by atoms with Gasteiger partial charge in [-0.3, -0.25) is 4.79 Å². The van der Waals surface area contributed by atoms with Crippen molar-refractivity contribution in [2.75, 3.05) is 32.3 Å². The summed E-state index contributed by atoms with van der Waals surface area (Å²) in [5.74, 6) is 2.43. The largest absolute Gasteiger partial charge is 0.493 e. The molecular weight excluding hydrogens is 574 g/mol. The van der Waals surface area contributed by atoms with Crippen molar-refractivity contribution < 1.29 is 28.5 Å². The van der Waals surface area contributed by atoms with Crippen LogP contribution in [0.15, 0.2) is 95.3 Å². The highest BCUT2D eigenvalue weighted by Crippen LogP contribution is 2.48. The van der Waals surface area contributed by atoms with E-state index < -0.39 is 11.9 Å². The molecule has 44 heavy (non-hydrogen) atoms. The highest BCUT2D eigenvalue weighted by Gasteiger charge is 2.42. The van der Waals surface area contributed by atoms with Gasteiger partial charge in [-0.2, -0.15) is 11.8 Å². The number of esters is 1. The van der Waals surface area contributed by atoms with E-state index in [4.69, 9.17) is 18.9 Å². The van der Waals surface area contributed by atoms with Crippen LogP contribution in [0, 0.1) is 0 Å². The van der Waals surface area contributed by atoms with E-state index in [2.05, 4.69) is 12.2 Å². The summed E-state index contributed by atoms with van der Waals surface area (Å²) in [6, 6.07) is 23.4. The Morgan fingerprint density at radius 2 is 1.68 bits per heavy atom. The molecule has 1 N–H and O–H groups in total. The molecule has 7 nitrogen and oxygen atoms in total. The zero-order chi connectivity index (χ0) is 31.1. The molecule has 2 aliphatic rings. The standard InChI is InChI=1S/C36H39NO6S/c1-5-44-18-17-42-36(39)33-23(2)37-28-19-26(25-15-16-31(40-3)32(21-25)41-4)20-29(38)35(28)34(33)27-13-9-10-14-30(27)43-22-24-11-7-6-8-12-24/h6-16,21,26,34,37H,5,17-20,22H2,1-4H3/t26-,34-/m0/s1. The normalized spacial score (nSPS) is 18.0. The lowest BCUT2D eigenvalue weighted by molar-refractivity contribution is -0.138. The number of methoxy groups -OCH3 is 2. The number of benzene rings is 3. The number of allylic oxidation sites excluding steroid dienone is 3. The molecule has 0 unspecified atom stereocenters. The molecule has 0 bridgehead atoms. The summed E-state index contributed by atoms with van der Waals surface area (Å²) >= 11 is 1.71. The number of ether oxygens (including phenoxy) is 4. The Balaban J connectivity index is 1.53. The highest BCUT2D eigenvalue weighted by molar-refractivity contribution is 7.99. The monoisotopic (exact) mass is 613 g/mol. The molecule has 0 radical (unpaired) electrons. The van der Waals surface area contributed by atoms with Crippen molar-refractivity contribution >= 4 is 23.5 Å². The highest BCUT2D eigenvalue weighted by atomic mass is 32.2. The lowest BCUT2D eigenvalue weighted by atomic mass is 9.71. The predicted octanol–water partition coefficient (Wildman–Crippen LogP) is 6.94. The number of carbonyl (C=O) groups excluding carboxylic acids is 2. The van der Waals surface area contributed by atoms with Crippen molar-refractivity contribution in [1.29, 1.82) is 0 Å². The first kappa shape index (κ1) is 31.3. The Labute approximate surface area is 263 Å². The van der Waals surface area contributed by atoms with Gasteiger partial charge in [0.25, 0.3) is 0 Å². The van der Waals surface area contributed by atoms with Crippen LogP contribution in [0.25, 0.3) is 0 Å². The number of dihydropyridines is 1. The van der Waals surface area contributed by atoms with Gasteiger partial charge in [-0.05, 0) is 54.3 Å². The van der Waals surface area contributed by atoms with Gasteiger partial charge in [0, 0.05) is 34.7 Å². The molecule has 1 aliphatic heterocycles. The number of Topliss-reactive ketones (excluding diaryl/α,β-unsaturated/α-hetero) is 1. The third kappa shape index (κ3) is 6.81. The van der Waals surface area contributed by atoms with Crippen molar-refractivity contribution in [1.82, 2.24) is 5.32 Å². The quantitative estimate of drug-likeness (QED) is 0.174. The number of rotatable bonds is 12. The lowest BCUT2D eigenvalue weighted by Gasteiger charge is -2.37. The second-order valence-electron chi connectivity index (χ2n) is 10.8. The molecule has 3 aromatic rings. The van der Waals surface area contributed by atoms with Crippen LogP contribution in [0.2, 0.25) is 0 Å². The van der Waals surface area contributed by atoms with Gasteiger partial charge in [0.1, 0.15) is 19.0 Å². The van der Waals surface area contributed by atoms with Gasteiger partial charge < -0.3 is 24.3 Å². The van der Waals surface area contributed by atoms with Crippen molar-refractivity contribution in [2.24, 2.45) is 0 Å². The molecule has 8 heteroatoms. The van der Waals surface area contributed by atoms with E-state index in [-0.39, 0.29) is 11.7 Å². The van der Waals surface area contributed by atoms with Crippen molar-refractivity contribution in [3.8, 4) is 17.2 Å². The van der Waals surface area contributed by atoms with Gasteiger partial charge in [-0.15, -0.1) is 0 Å². The van der Waals surface area contributed by atoms with E-state index in [1.54, 1.807) is 26.0 Å². The summed E-state index contributed by atoms with van der Waals surface area (Å²) < 4.78 is 23.1. The van der Waals surface area contributed by atoms with Gasteiger partial charge in [0.15, 0.2) is 17.3 Å². The Kier molecular flexibility index (Phi) is 10.3. The number of thioether (sulfide) groups is 1. The number of ketones is 1. The zero-order valence-electron chi connectivity index (χ0n) is 25.7. The molecular formula is C36H39NO6S. The number of carbonyl (C=O) groups is 2. The first-order chi connectivity index (χ1) is 21.4. The summed E-state index contributed by atoms with van der Waals surface area (Å²) in [7, 11) is 3.21. The fourth-order valence-electron chi connectivity index (χ4n) is 5.96. The molecule has 0 fully saturated rings. The van der Waals surface area contributed by atoms with E-state index in [1.165, 1.54) is 0 Å². The topological polar surface area (TPSA) is 83.1 Å². The maximum Gasteiger partial charge on any atom is 0.336 e. The molecule has 0 saturated heterocycles. The van der Waals surface area contributed by atoms with E-state index in [9.17, 15) is 9.59 Å². The van der Waals surface area contributed by atoms with Crippen molar-refractivity contribution in [2.45, 2.75) is 45.1 Å². The fraction of sp³-hybridized carbons (Fsp3) is 0.333. The van der Waals surface area contributed by atoms with Crippen LogP contribution >= 0.6 is 11.8 Å². The third-order valence-electron chi connectivity index (χ3n) is 8.06. The molecule has 0 saturated carbocycles. The van der Waals surface area contributed by atoms with Crippen molar-refractivity contribution in [3.63, 3.8) is 0 Å². The van der Waals surface area contributed by atoms with Gasteiger partial charge in [0.05, 0.1) is 25.7 Å². The first-order valence-electron chi connectivity index (χ1n) is 14.9. The summed E-state index contributed by atoms with van der Waals surface area (Å²) in [6.45, 7) is 4.62. The number of para-hydroxylation sites is 1. The first-order valence-corrected chi connectivity index (χ1v) is 16.1. The van der Waals surface area contributed by atoms with Gasteiger partial charge >= 0.3 is 5.97 Å². The second kappa shape index (κ2) is 14.5. The molecule has 3 aromatic carbocycles. The van der Waals surface area contributed by atoms with Crippen LogP contribution in [0.4, 0.5) is 0 Å². The van der Waals surface area contributed by atoms with E-state index >= 15 is 0 Å². The molecule has 1 aliphatic carbocycles. The maximum absolute atomic E-state index is 14.2. The van der Waals surface area contributed by atoms with Crippen LogP contribution in [0.5, 0.6) is 17.2 Å². The molecule has 5 rings (SSSR count). The predicted molar refractivity (Wildman–Crippen MR) is 173 cm³/mol. The minimum absolute atomic E-state index is 0.0132. The van der Waals surface area contributed by atoms with Gasteiger partial charge in [-0.1, -0.05) is 61.5 Å². The minimum atomic E-state index is -0.622. The summed E-state index contributed by atoms with van der Waals surface area (Å²) in [4.78, 5) is 27.9. The van der Waals surface area contributed by atoms with E-state index in [0.29, 0.717) is 65.9 Å². The number of hydrogen-bond donors (Lipinski definition) is 1. The minimum Gasteiger partial charge on any atom is -0.493 e.